The first-order chi connectivity index (χ1) is 11.0. The smallest absolute Gasteiger partial charge is 0.258 e. The molecule has 6 heteroatoms. The van der Waals surface area contributed by atoms with Crippen molar-refractivity contribution >= 4 is 21.8 Å². The summed E-state index contributed by atoms with van der Waals surface area (Å²) in [7, 11) is 1.59. The van der Waals surface area contributed by atoms with Crippen molar-refractivity contribution in [3.05, 3.63) is 58.3 Å². The minimum Gasteiger partial charge on any atom is -0.496 e. The Morgan fingerprint density at radius 3 is 2.70 bits per heavy atom. The molecule has 1 N–H and O–H groups in total. The molecule has 0 spiro atoms. The average molecular weight is 382 g/mol. The van der Waals surface area contributed by atoms with Gasteiger partial charge in [0.25, 0.3) is 5.91 Å². The number of halogens is 2. The predicted molar refractivity (Wildman–Crippen MR) is 89.1 cm³/mol. The van der Waals surface area contributed by atoms with Gasteiger partial charge in [0.15, 0.2) is 6.61 Å². The molecule has 0 unspecified atom stereocenters. The normalized spacial score (nSPS) is 11.7. The van der Waals surface area contributed by atoms with E-state index in [1.54, 1.807) is 7.11 Å². The quantitative estimate of drug-likeness (QED) is 0.826. The number of para-hydroxylation sites is 1. The maximum atomic E-state index is 13.0. The lowest BCUT2D eigenvalue weighted by molar-refractivity contribution is -0.123. The SMILES string of the molecule is COc1ccccc1[C@@H](C)NC(=O)COc1ccc(F)cc1Br. The molecule has 0 fully saturated rings. The molecule has 122 valence electrons. The second-order valence-electron chi connectivity index (χ2n) is 4.89. The van der Waals surface area contributed by atoms with Gasteiger partial charge in [-0.1, -0.05) is 18.2 Å². The molecular weight excluding hydrogens is 365 g/mol. The van der Waals surface area contributed by atoms with Crippen LogP contribution in [-0.4, -0.2) is 19.6 Å². The first-order valence-electron chi connectivity index (χ1n) is 7.01. The lowest BCUT2D eigenvalue weighted by Gasteiger charge is -2.17. The summed E-state index contributed by atoms with van der Waals surface area (Å²) >= 11 is 3.19. The van der Waals surface area contributed by atoms with Gasteiger partial charge in [-0.2, -0.15) is 0 Å². The van der Waals surface area contributed by atoms with E-state index in [4.69, 9.17) is 9.47 Å². The fourth-order valence-corrected chi connectivity index (χ4v) is 2.59. The highest BCUT2D eigenvalue weighted by Gasteiger charge is 2.14. The summed E-state index contributed by atoms with van der Waals surface area (Å²) in [6.45, 7) is 1.70. The largest absolute Gasteiger partial charge is 0.496 e. The molecule has 23 heavy (non-hydrogen) atoms. The molecule has 0 aliphatic heterocycles. The van der Waals surface area contributed by atoms with Gasteiger partial charge in [-0.15, -0.1) is 0 Å². The van der Waals surface area contributed by atoms with E-state index < -0.39 is 0 Å². The van der Waals surface area contributed by atoms with Crippen molar-refractivity contribution < 1.29 is 18.7 Å². The molecule has 1 amide bonds. The van der Waals surface area contributed by atoms with Crippen LogP contribution in [0.1, 0.15) is 18.5 Å². The number of rotatable bonds is 6. The number of amides is 1. The van der Waals surface area contributed by atoms with Crippen molar-refractivity contribution in [3.63, 3.8) is 0 Å². The van der Waals surface area contributed by atoms with E-state index >= 15 is 0 Å². The summed E-state index contributed by atoms with van der Waals surface area (Å²) < 4.78 is 24.1. The molecule has 0 aliphatic rings. The third-order valence-corrected chi connectivity index (χ3v) is 3.86. The molecule has 0 saturated carbocycles. The monoisotopic (exact) mass is 381 g/mol. The minimum absolute atomic E-state index is 0.163. The highest BCUT2D eigenvalue weighted by atomic mass is 79.9. The maximum absolute atomic E-state index is 13.0. The Hall–Kier alpha value is -2.08. The van der Waals surface area contributed by atoms with Crippen LogP contribution in [-0.2, 0) is 4.79 Å². The van der Waals surface area contributed by atoms with Gasteiger partial charge in [-0.3, -0.25) is 4.79 Å². The number of methoxy groups -OCH3 is 1. The van der Waals surface area contributed by atoms with Crippen LogP contribution in [0.2, 0.25) is 0 Å². The molecule has 0 saturated heterocycles. The van der Waals surface area contributed by atoms with Gasteiger partial charge in [0.2, 0.25) is 0 Å². The molecule has 2 rings (SSSR count). The number of carbonyl (C=O) groups excluding carboxylic acids is 1. The summed E-state index contributed by atoms with van der Waals surface area (Å²) in [4.78, 5) is 12.0. The fraction of sp³-hybridized carbons (Fsp3) is 0.235. The van der Waals surface area contributed by atoms with Crippen LogP contribution in [0.5, 0.6) is 11.5 Å². The topological polar surface area (TPSA) is 47.6 Å². The summed E-state index contributed by atoms with van der Waals surface area (Å²) in [5.74, 6) is 0.465. The van der Waals surface area contributed by atoms with Crippen molar-refractivity contribution in [3.8, 4) is 11.5 Å². The van der Waals surface area contributed by atoms with Gasteiger partial charge < -0.3 is 14.8 Å². The van der Waals surface area contributed by atoms with E-state index in [1.165, 1.54) is 18.2 Å². The Kier molecular flexibility index (Phi) is 5.98. The summed E-state index contributed by atoms with van der Waals surface area (Å²) in [6.07, 6.45) is 0. The van der Waals surface area contributed by atoms with Gasteiger partial charge in [-0.25, -0.2) is 4.39 Å². The zero-order valence-corrected chi connectivity index (χ0v) is 14.4. The van der Waals surface area contributed by atoms with Crippen LogP contribution in [0, 0.1) is 5.82 Å². The summed E-state index contributed by atoms with van der Waals surface area (Å²) in [5, 5.41) is 2.84. The molecule has 0 heterocycles. The molecule has 0 aliphatic carbocycles. The first kappa shape index (κ1) is 17.3. The van der Waals surface area contributed by atoms with E-state index in [1.807, 2.05) is 31.2 Å². The second kappa shape index (κ2) is 7.97. The third kappa shape index (κ3) is 4.69. The van der Waals surface area contributed by atoms with Crippen LogP contribution in [0.15, 0.2) is 46.9 Å². The van der Waals surface area contributed by atoms with Crippen LogP contribution < -0.4 is 14.8 Å². The molecule has 2 aromatic carbocycles. The van der Waals surface area contributed by atoms with Crippen LogP contribution in [0.3, 0.4) is 0 Å². The standard InChI is InChI=1S/C17H17BrFNO3/c1-11(13-5-3-4-6-15(13)22-2)20-17(21)10-23-16-8-7-12(19)9-14(16)18/h3-9,11H,10H2,1-2H3,(H,20,21)/t11-/m1/s1. The Bertz CT molecular complexity index is 693. The third-order valence-electron chi connectivity index (χ3n) is 3.24. The van der Waals surface area contributed by atoms with Gasteiger partial charge in [0.05, 0.1) is 17.6 Å². The molecule has 4 nitrogen and oxygen atoms in total. The van der Waals surface area contributed by atoms with Crippen molar-refractivity contribution in [1.29, 1.82) is 0 Å². The highest BCUT2D eigenvalue weighted by Crippen LogP contribution is 2.26. The zero-order valence-electron chi connectivity index (χ0n) is 12.8. The Labute approximate surface area is 142 Å². The Morgan fingerprint density at radius 1 is 1.26 bits per heavy atom. The Balaban J connectivity index is 1.94. The first-order valence-corrected chi connectivity index (χ1v) is 7.80. The number of carbonyl (C=O) groups is 1. The van der Waals surface area contributed by atoms with Crippen molar-refractivity contribution in [2.45, 2.75) is 13.0 Å². The number of ether oxygens (including phenoxy) is 2. The molecular formula is C17H17BrFNO3. The fourth-order valence-electron chi connectivity index (χ4n) is 2.12. The number of nitrogens with one attached hydrogen (secondary N) is 1. The van der Waals surface area contributed by atoms with Crippen molar-refractivity contribution in [2.75, 3.05) is 13.7 Å². The van der Waals surface area contributed by atoms with Gasteiger partial charge in [0.1, 0.15) is 17.3 Å². The van der Waals surface area contributed by atoms with E-state index in [0.717, 1.165) is 5.56 Å². The van der Waals surface area contributed by atoms with Crippen LogP contribution in [0.25, 0.3) is 0 Å². The van der Waals surface area contributed by atoms with Gasteiger partial charge in [-0.05, 0) is 47.1 Å². The predicted octanol–water partition coefficient (Wildman–Crippen LogP) is 3.85. The zero-order chi connectivity index (χ0) is 16.8. The summed E-state index contributed by atoms with van der Waals surface area (Å²) in [5.41, 5.74) is 0.881. The van der Waals surface area contributed by atoms with Crippen LogP contribution in [0.4, 0.5) is 4.39 Å². The van der Waals surface area contributed by atoms with Crippen LogP contribution >= 0.6 is 15.9 Å². The van der Waals surface area contributed by atoms with Crippen molar-refractivity contribution in [2.24, 2.45) is 0 Å². The average Bonchev–Trinajstić information content (AvgIpc) is 2.54. The maximum Gasteiger partial charge on any atom is 0.258 e. The molecule has 2 aromatic rings. The van der Waals surface area contributed by atoms with Crippen molar-refractivity contribution in [1.82, 2.24) is 5.32 Å². The highest BCUT2D eigenvalue weighted by molar-refractivity contribution is 9.10. The lowest BCUT2D eigenvalue weighted by atomic mass is 10.1. The number of benzene rings is 2. The molecule has 0 bridgehead atoms. The Morgan fingerprint density at radius 2 is 2.00 bits per heavy atom. The number of hydrogen-bond donors (Lipinski definition) is 1. The van der Waals surface area contributed by atoms with E-state index in [-0.39, 0.29) is 24.4 Å². The lowest BCUT2D eigenvalue weighted by Crippen LogP contribution is -2.31. The minimum atomic E-state index is -0.376. The molecule has 0 radical (unpaired) electrons. The van der Waals surface area contributed by atoms with Gasteiger partial charge >= 0.3 is 0 Å². The second-order valence-corrected chi connectivity index (χ2v) is 5.75. The van der Waals surface area contributed by atoms with Gasteiger partial charge in [0, 0.05) is 5.56 Å². The van der Waals surface area contributed by atoms with E-state index in [0.29, 0.717) is 16.0 Å². The summed E-state index contributed by atoms with van der Waals surface area (Å²) in [6, 6.07) is 11.3. The number of hydrogen-bond acceptors (Lipinski definition) is 3. The molecule has 0 aromatic heterocycles. The van der Waals surface area contributed by atoms with E-state index in [9.17, 15) is 9.18 Å². The molecule has 1 atom stereocenters. The van der Waals surface area contributed by atoms with E-state index in [2.05, 4.69) is 21.2 Å².